The summed E-state index contributed by atoms with van der Waals surface area (Å²) in [4.78, 5) is 11.0. The first-order valence-corrected chi connectivity index (χ1v) is 4.93. The Hall–Kier alpha value is -1.07. The molecular weight excluding hydrogens is 221 g/mol. The molecule has 0 saturated heterocycles. The fourth-order valence-corrected chi connectivity index (χ4v) is 0.771. The Morgan fingerprint density at radius 2 is 1.69 bits per heavy atom. The fourth-order valence-electron chi connectivity index (χ4n) is 0.771. The number of carbonyl (C=O) groups is 1. The summed E-state index contributed by atoms with van der Waals surface area (Å²) in [6, 6.07) is 0. The molecule has 0 aliphatic carbocycles. The van der Waals surface area contributed by atoms with Crippen molar-refractivity contribution in [3.05, 3.63) is 0 Å². The topological polar surface area (TPSA) is 32.7 Å². The minimum atomic E-state index is -4.85. The molecule has 0 aliphatic rings. The minimum Gasteiger partial charge on any atom is -0.294 e. The fraction of sp³-hybridized carbons (Fsp3) is 0.800. The normalized spacial score (nSPS) is 13.9. The summed E-state index contributed by atoms with van der Waals surface area (Å²) in [6.45, 7) is 6.85. The number of halogens is 3. The molecule has 0 radical (unpaired) electrons. The highest BCUT2D eigenvalue weighted by molar-refractivity contribution is 6.41. The third-order valence-corrected chi connectivity index (χ3v) is 2.10. The number of Topliss-reactive ketones (excluding diaryl/α,β-unsaturated/α-hetero) is 1. The van der Waals surface area contributed by atoms with Crippen LogP contribution in [0, 0.1) is 0 Å². The van der Waals surface area contributed by atoms with E-state index in [0.717, 1.165) is 0 Å². The van der Waals surface area contributed by atoms with Gasteiger partial charge in [-0.1, -0.05) is 6.92 Å². The summed E-state index contributed by atoms with van der Waals surface area (Å²) in [6.07, 6.45) is -4.90. The Labute approximate surface area is 93.3 Å². The van der Waals surface area contributed by atoms with E-state index in [9.17, 15) is 18.0 Å². The van der Waals surface area contributed by atoms with Crippen molar-refractivity contribution in [1.82, 2.24) is 5.01 Å². The molecule has 0 aromatic carbocycles. The van der Waals surface area contributed by atoms with Crippen molar-refractivity contribution < 1.29 is 18.0 Å². The average molecular weight is 238 g/mol. The maximum atomic E-state index is 12.2. The molecule has 0 saturated carbocycles. The van der Waals surface area contributed by atoms with Crippen LogP contribution in [-0.4, -0.2) is 35.3 Å². The Morgan fingerprint density at radius 3 is 1.94 bits per heavy atom. The minimum absolute atomic E-state index is 0.0429. The molecule has 0 rings (SSSR count). The third-order valence-electron chi connectivity index (χ3n) is 2.10. The van der Waals surface area contributed by atoms with E-state index in [2.05, 4.69) is 5.10 Å². The lowest BCUT2D eigenvalue weighted by Gasteiger charge is -2.29. The van der Waals surface area contributed by atoms with Gasteiger partial charge in [0.15, 0.2) is 0 Å². The van der Waals surface area contributed by atoms with Gasteiger partial charge in [0, 0.05) is 12.6 Å². The van der Waals surface area contributed by atoms with Crippen molar-refractivity contribution in [3.63, 3.8) is 0 Å². The third kappa shape index (κ3) is 4.20. The summed E-state index contributed by atoms with van der Waals surface area (Å²) >= 11 is 0. The standard InChI is InChI=1S/C10H17F3N2O/c1-6-7(8(16)10(11,12)13)14-15(5)9(2,3)4/h6H2,1-5H3/b14-7-. The van der Waals surface area contributed by atoms with E-state index < -0.39 is 23.2 Å². The molecule has 0 amide bonds. The number of hydrazone groups is 1. The van der Waals surface area contributed by atoms with E-state index in [4.69, 9.17) is 0 Å². The summed E-state index contributed by atoms with van der Waals surface area (Å²) in [5, 5.41) is 5.07. The second-order valence-corrected chi connectivity index (χ2v) is 4.42. The molecular formula is C10H17F3N2O. The van der Waals surface area contributed by atoms with Crippen LogP contribution in [0.15, 0.2) is 5.10 Å². The summed E-state index contributed by atoms with van der Waals surface area (Å²) in [5.41, 5.74) is -0.892. The summed E-state index contributed by atoms with van der Waals surface area (Å²) in [5.74, 6) is -1.87. The van der Waals surface area contributed by atoms with Crippen LogP contribution in [0.4, 0.5) is 13.2 Å². The lowest BCUT2D eigenvalue weighted by atomic mass is 10.1. The van der Waals surface area contributed by atoms with Gasteiger partial charge in [-0.05, 0) is 27.2 Å². The predicted octanol–water partition coefficient (Wildman–Crippen LogP) is 2.61. The number of hydrogen-bond donors (Lipinski definition) is 0. The van der Waals surface area contributed by atoms with Crippen LogP contribution in [0.3, 0.4) is 0 Å². The lowest BCUT2D eigenvalue weighted by Crippen LogP contribution is -2.38. The van der Waals surface area contributed by atoms with Crippen molar-refractivity contribution in [2.45, 2.75) is 45.8 Å². The number of hydrogen-bond acceptors (Lipinski definition) is 3. The van der Waals surface area contributed by atoms with Gasteiger partial charge in [0.2, 0.25) is 0 Å². The quantitative estimate of drug-likeness (QED) is 0.559. The molecule has 0 unspecified atom stereocenters. The number of carbonyl (C=O) groups excluding carboxylic acids is 1. The zero-order valence-corrected chi connectivity index (χ0v) is 10.1. The Balaban J connectivity index is 5.02. The molecule has 0 aromatic heterocycles. The Morgan fingerprint density at radius 1 is 1.25 bits per heavy atom. The van der Waals surface area contributed by atoms with Crippen LogP contribution in [0.1, 0.15) is 34.1 Å². The second kappa shape index (κ2) is 4.84. The van der Waals surface area contributed by atoms with E-state index >= 15 is 0 Å². The van der Waals surface area contributed by atoms with Crippen molar-refractivity contribution in [2.75, 3.05) is 7.05 Å². The van der Waals surface area contributed by atoms with Gasteiger partial charge in [0.1, 0.15) is 5.71 Å². The highest BCUT2D eigenvalue weighted by Crippen LogP contribution is 2.19. The first kappa shape index (κ1) is 14.9. The number of alkyl halides is 3. The number of ketones is 1. The lowest BCUT2D eigenvalue weighted by molar-refractivity contribution is -0.163. The first-order chi connectivity index (χ1) is 7.00. The molecule has 0 heterocycles. The van der Waals surface area contributed by atoms with Gasteiger partial charge >= 0.3 is 6.18 Å². The molecule has 3 nitrogen and oxygen atoms in total. The van der Waals surface area contributed by atoms with Crippen LogP contribution in [0.25, 0.3) is 0 Å². The van der Waals surface area contributed by atoms with Gasteiger partial charge in [-0.15, -0.1) is 0 Å². The second-order valence-electron chi connectivity index (χ2n) is 4.42. The predicted molar refractivity (Wildman–Crippen MR) is 56.3 cm³/mol. The SMILES string of the molecule is CC/C(=N/N(C)C(C)(C)C)C(=O)C(F)(F)F. The smallest absolute Gasteiger partial charge is 0.294 e. The zero-order chi connectivity index (χ0) is 13.1. The molecule has 6 heteroatoms. The van der Waals surface area contributed by atoms with Gasteiger partial charge < -0.3 is 0 Å². The maximum Gasteiger partial charge on any atom is 0.456 e. The molecule has 0 atom stereocenters. The molecule has 94 valence electrons. The van der Waals surface area contributed by atoms with Crippen LogP contribution >= 0.6 is 0 Å². The average Bonchev–Trinajstić information content (AvgIpc) is 2.09. The van der Waals surface area contributed by atoms with E-state index in [-0.39, 0.29) is 6.42 Å². The molecule has 0 bridgehead atoms. The summed E-state index contributed by atoms with van der Waals surface area (Å²) < 4.78 is 36.6. The molecule has 0 aliphatic heterocycles. The molecule has 0 fully saturated rings. The van der Waals surface area contributed by atoms with Gasteiger partial charge in [-0.25, -0.2) is 0 Å². The molecule has 16 heavy (non-hydrogen) atoms. The van der Waals surface area contributed by atoms with Crippen molar-refractivity contribution in [2.24, 2.45) is 5.10 Å². The van der Waals surface area contributed by atoms with Crippen molar-refractivity contribution in [3.8, 4) is 0 Å². The van der Waals surface area contributed by atoms with Crippen LogP contribution in [0.5, 0.6) is 0 Å². The Kier molecular flexibility index (Phi) is 4.52. The maximum absolute atomic E-state index is 12.2. The zero-order valence-electron chi connectivity index (χ0n) is 10.1. The van der Waals surface area contributed by atoms with Gasteiger partial charge in [0.05, 0.1) is 0 Å². The first-order valence-electron chi connectivity index (χ1n) is 4.93. The highest BCUT2D eigenvalue weighted by Gasteiger charge is 2.41. The largest absolute Gasteiger partial charge is 0.456 e. The molecule has 0 aromatic rings. The van der Waals surface area contributed by atoms with Crippen LogP contribution < -0.4 is 0 Å². The monoisotopic (exact) mass is 238 g/mol. The van der Waals surface area contributed by atoms with E-state index in [1.54, 1.807) is 27.8 Å². The number of rotatable bonds is 3. The van der Waals surface area contributed by atoms with Gasteiger partial charge in [0.25, 0.3) is 5.78 Å². The Bertz CT molecular complexity index is 289. The van der Waals surface area contributed by atoms with E-state index in [1.807, 2.05) is 0 Å². The molecule has 0 spiro atoms. The van der Waals surface area contributed by atoms with Crippen molar-refractivity contribution in [1.29, 1.82) is 0 Å². The molecule has 0 N–H and O–H groups in total. The summed E-state index contributed by atoms with van der Waals surface area (Å²) in [7, 11) is 1.54. The van der Waals surface area contributed by atoms with Crippen LogP contribution in [-0.2, 0) is 4.79 Å². The highest BCUT2D eigenvalue weighted by atomic mass is 19.4. The van der Waals surface area contributed by atoms with Crippen molar-refractivity contribution >= 4 is 11.5 Å². The van der Waals surface area contributed by atoms with Gasteiger partial charge in [-0.3, -0.25) is 9.80 Å². The van der Waals surface area contributed by atoms with Crippen LogP contribution in [0.2, 0.25) is 0 Å². The van der Waals surface area contributed by atoms with E-state index in [1.165, 1.54) is 11.9 Å². The number of nitrogens with zero attached hydrogens (tertiary/aromatic N) is 2. The van der Waals surface area contributed by atoms with Gasteiger partial charge in [-0.2, -0.15) is 18.3 Å². The van der Waals surface area contributed by atoms with E-state index in [0.29, 0.717) is 0 Å².